The van der Waals surface area contributed by atoms with Crippen molar-refractivity contribution >= 4 is 34.8 Å². The molecule has 0 amide bonds. The van der Waals surface area contributed by atoms with E-state index in [1.807, 2.05) is 0 Å². The summed E-state index contributed by atoms with van der Waals surface area (Å²) >= 11 is 5.99. The standard InChI is InChI=1S/C16H14ClNO4/c1-8-9(2)15(20)13(12(17)14(8)19)18-11-6-4-5-10(7-11)16(21)22-3/h4-7,18H,1-3H3. The predicted molar refractivity (Wildman–Crippen MR) is 82.7 cm³/mol. The number of ether oxygens (including phenoxy) is 1. The minimum Gasteiger partial charge on any atom is -0.465 e. The Labute approximate surface area is 132 Å². The summed E-state index contributed by atoms with van der Waals surface area (Å²) in [5.74, 6) is -1.22. The second-order valence-electron chi connectivity index (χ2n) is 4.79. The summed E-state index contributed by atoms with van der Waals surface area (Å²) in [5.41, 5.74) is 1.48. The van der Waals surface area contributed by atoms with E-state index < -0.39 is 5.97 Å². The SMILES string of the molecule is COC(=O)c1cccc(NC2=C(Cl)C(=O)C(C)=C(C)C2=O)c1. The van der Waals surface area contributed by atoms with Crippen LogP contribution >= 0.6 is 11.6 Å². The van der Waals surface area contributed by atoms with E-state index in [0.717, 1.165) is 0 Å². The summed E-state index contributed by atoms with van der Waals surface area (Å²) in [6, 6.07) is 6.38. The van der Waals surface area contributed by atoms with Crippen molar-refractivity contribution in [3.63, 3.8) is 0 Å². The number of allylic oxidation sites excluding steroid dienone is 3. The molecule has 1 N–H and O–H groups in total. The molecular weight excluding hydrogens is 306 g/mol. The van der Waals surface area contributed by atoms with Crippen LogP contribution in [-0.4, -0.2) is 24.6 Å². The summed E-state index contributed by atoms with van der Waals surface area (Å²) in [7, 11) is 1.28. The van der Waals surface area contributed by atoms with Gasteiger partial charge in [0, 0.05) is 16.8 Å². The maximum Gasteiger partial charge on any atom is 0.337 e. The highest BCUT2D eigenvalue weighted by molar-refractivity contribution is 6.49. The molecule has 0 aliphatic heterocycles. The van der Waals surface area contributed by atoms with E-state index in [-0.39, 0.29) is 22.3 Å². The number of hydrogen-bond acceptors (Lipinski definition) is 5. The second kappa shape index (κ2) is 6.15. The first-order valence-electron chi connectivity index (χ1n) is 6.49. The second-order valence-corrected chi connectivity index (χ2v) is 5.17. The lowest BCUT2D eigenvalue weighted by molar-refractivity contribution is -0.116. The lowest BCUT2D eigenvalue weighted by Gasteiger charge is -2.18. The van der Waals surface area contributed by atoms with E-state index in [1.165, 1.54) is 13.2 Å². The fraction of sp³-hybridized carbons (Fsp3) is 0.188. The normalized spacial score (nSPS) is 15.3. The summed E-state index contributed by atoms with van der Waals surface area (Å²) in [6.07, 6.45) is 0. The van der Waals surface area contributed by atoms with Crippen LogP contribution in [0.2, 0.25) is 0 Å². The van der Waals surface area contributed by atoms with Crippen LogP contribution in [0.5, 0.6) is 0 Å². The van der Waals surface area contributed by atoms with Crippen LogP contribution in [-0.2, 0) is 14.3 Å². The Morgan fingerprint density at radius 3 is 2.41 bits per heavy atom. The van der Waals surface area contributed by atoms with E-state index in [4.69, 9.17) is 11.6 Å². The molecule has 1 aliphatic carbocycles. The third-order valence-electron chi connectivity index (χ3n) is 3.44. The number of methoxy groups -OCH3 is 1. The first-order chi connectivity index (χ1) is 10.4. The molecule has 1 aromatic carbocycles. The minimum absolute atomic E-state index is 0.0109. The van der Waals surface area contributed by atoms with Crippen molar-refractivity contribution in [3.8, 4) is 0 Å². The van der Waals surface area contributed by atoms with E-state index in [0.29, 0.717) is 22.4 Å². The quantitative estimate of drug-likeness (QED) is 0.685. The lowest BCUT2D eigenvalue weighted by Crippen LogP contribution is -2.24. The van der Waals surface area contributed by atoms with Crippen LogP contribution in [0, 0.1) is 0 Å². The summed E-state index contributed by atoms with van der Waals surface area (Å²) in [4.78, 5) is 35.8. The summed E-state index contributed by atoms with van der Waals surface area (Å²) in [6.45, 7) is 3.14. The van der Waals surface area contributed by atoms with Gasteiger partial charge in [0.2, 0.25) is 11.6 Å². The van der Waals surface area contributed by atoms with Crippen molar-refractivity contribution in [1.29, 1.82) is 0 Å². The molecule has 0 heterocycles. The smallest absolute Gasteiger partial charge is 0.337 e. The van der Waals surface area contributed by atoms with Crippen molar-refractivity contribution in [2.75, 3.05) is 12.4 Å². The number of ketones is 2. The molecule has 0 unspecified atom stereocenters. The average molecular weight is 320 g/mol. The van der Waals surface area contributed by atoms with Crippen molar-refractivity contribution in [3.05, 3.63) is 51.7 Å². The van der Waals surface area contributed by atoms with Crippen molar-refractivity contribution in [2.45, 2.75) is 13.8 Å². The molecule has 2 rings (SSSR count). The van der Waals surface area contributed by atoms with Crippen LogP contribution in [0.3, 0.4) is 0 Å². The van der Waals surface area contributed by atoms with Gasteiger partial charge in [0.25, 0.3) is 0 Å². The van der Waals surface area contributed by atoms with Gasteiger partial charge in [-0.15, -0.1) is 0 Å². The van der Waals surface area contributed by atoms with Crippen LogP contribution in [0.4, 0.5) is 5.69 Å². The molecule has 0 aromatic heterocycles. The number of carbonyl (C=O) groups is 3. The monoisotopic (exact) mass is 319 g/mol. The number of benzene rings is 1. The third kappa shape index (κ3) is 2.80. The van der Waals surface area contributed by atoms with Crippen molar-refractivity contribution < 1.29 is 19.1 Å². The number of halogens is 1. The van der Waals surface area contributed by atoms with Gasteiger partial charge in [-0.2, -0.15) is 0 Å². The van der Waals surface area contributed by atoms with Crippen LogP contribution < -0.4 is 5.32 Å². The van der Waals surface area contributed by atoms with E-state index in [2.05, 4.69) is 10.1 Å². The average Bonchev–Trinajstić information content (AvgIpc) is 2.54. The number of rotatable bonds is 3. The Bertz CT molecular complexity index is 746. The van der Waals surface area contributed by atoms with Crippen LogP contribution in [0.15, 0.2) is 46.1 Å². The zero-order valence-electron chi connectivity index (χ0n) is 12.3. The molecule has 0 bridgehead atoms. The van der Waals surface area contributed by atoms with Gasteiger partial charge < -0.3 is 10.1 Å². The van der Waals surface area contributed by atoms with Crippen molar-refractivity contribution in [2.24, 2.45) is 0 Å². The fourth-order valence-corrected chi connectivity index (χ4v) is 2.28. The Morgan fingerprint density at radius 1 is 1.14 bits per heavy atom. The number of esters is 1. The largest absolute Gasteiger partial charge is 0.465 e. The maximum atomic E-state index is 12.3. The molecule has 1 aliphatic rings. The van der Waals surface area contributed by atoms with Gasteiger partial charge in [-0.05, 0) is 32.0 Å². The van der Waals surface area contributed by atoms with Crippen LogP contribution in [0.1, 0.15) is 24.2 Å². The summed E-state index contributed by atoms with van der Waals surface area (Å²) < 4.78 is 4.64. The molecular formula is C16H14ClNO4. The zero-order valence-corrected chi connectivity index (χ0v) is 13.1. The topological polar surface area (TPSA) is 72.5 Å². The predicted octanol–water partition coefficient (Wildman–Crippen LogP) is 2.82. The molecule has 0 radical (unpaired) electrons. The Kier molecular flexibility index (Phi) is 4.47. The Balaban J connectivity index is 2.37. The molecule has 0 spiro atoms. The van der Waals surface area contributed by atoms with E-state index in [1.54, 1.807) is 32.0 Å². The molecule has 0 saturated carbocycles. The lowest BCUT2D eigenvalue weighted by atomic mass is 9.94. The highest BCUT2D eigenvalue weighted by Crippen LogP contribution is 2.28. The first-order valence-corrected chi connectivity index (χ1v) is 6.86. The van der Waals surface area contributed by atoms with Gasteiger partial charge in [0.05, 0.1) is 12.7 Å². The van der Waals surface area contributed by atoms with Gasteiger partial charge in [-0.1, -0.05) is 17.7 Å². The van der Waals surface area contributed by atoms with E-state index >= 15 is 0 Å². The molecule has 0 fully saturated rings. The van der Waals surface area contributed by atoms with Crippen molar-refractivity contribution in [1.82, 2.24) is 0 Å². The van der Waals surface area contributed by atoms with Gasteiger partial charge in [-0.3, -0.25) is 9.59 Å². The number of anilines is 1. The van der Waals surface area contributed by atoms with Gasteiger partial charge in [0.1, 0.15) is 10.7 Å². The first kappa shape index (κ1) is 16.0. The van der Waals surface area contributed by atoms with Gasteiger partial charge in [0.15, 0.2) is 0 Å². The molecule has 1 aromatic rings. The minimum atomic E-state index is -0.498. The maximum absolute atomic E-state index is 12.3. The highest BCUT2D eigenvalue weighted by Gasteiger charge is 2.29. The van der Waals surface area contributed by atoms with Gasteiger partial charge >= 0.3 is 5.97 Å². The fourth-order valence-electron chi connectivity index (χ4n) is 2.00. The third-order valence-corrected chi connectivity index (χ3v) is 3.80. The van der Waals surface area contributed by atoms with Crippen LogP contribution in [0.25, 0.3) is 0 Å². The summed E-state index contributed by atoms with van der Waals surface area (Å²) in [5, 5.41) is 2.66. The molecule has 0 atom stereocenters. The Morgan fingerprint density at radius 2 is 1.77 bits per heavy atom. The highest BCUT2D eigenvalue weighted by atomic mass is 35.5. The number of nitrogens with one attached hydrogen (secondary N) is 1. The number of carbonyl (C=O) groups excluding carboxylic acids is 3. The van der Waals surface area contributed by atoms with Gasteiger partial charge in [-0.25, -0.2) is 4.79 Å². The van der Waals surface area contributed by atoms with E-state index in [9.17, 15) is 14.4 Å². The molecule has 22 heavy (non-hydrogen) atoms. The zero-order chi connectivity index (χ0) is 16.4. The molecule has 5 nitrogen and oxygen atoms in total. The molecule has 0 saturated heterocycles. The Hall–Kier alpha value is -2.40. The molecule has 6 heteroatoms. The number of Topliss-reactive ketones (excluding diaryl/α,β-unsaturated/α-hetero) is 2. The number of hydrogen-bond donors (Lipinski definition) is 1. The molecule has 114 valence electrons.